The van der Waals surface area contributed by atoms with Crippen LogP contribution in [0.2, 0.25) is 0 Å². The average molecular weight is 348 g/mol. The van der Waals surface area contributed by atoms with E-state index in [4.69, 9.17) is 0 Å². The molecular weight excluding hydrogens is 329 g/mol. The Labute approximate surface area is 137 Å². The van der Waals surface area contributed by atoms with Crippen LogP contribution < -0.4 is 5.32 Å². The summed E-state index contributed by atoms with van der Waals surface area (Å²) in [5, 5.41) is 11.9. The van der Waals surface area contributed by atoms with Crippen LogP contribution in [0.25, 0.3) is 0 Å². The topological polar surface area (TPSA) is 52.6 Å². The Morgan fingerprint density at radius 2 is 2.09 bits per heavy atom. The van der Waals surface area contributed by atoms with Crippen molar-refractivity contribution in [3.63, 3.8) is 0 Å². The SMILES string of the molecule is CN(CC(=O)NC(CO)c1cc(F)c(F)c(F)c1)C1CCSC1. The maximum atomic E-state index is 13.3. The molecule has 128 valence electrons. The predicted octanol–water partition coefficient (Wildman–Crippen LogP) is 1.69. The molecule has 1 aromatic carbocycles. The smallest absolute Gasteiger partial charge is 0.234 e. The summed E-state index contributed by atoms with van der Waals surface area (Å²) in [5.74, 6) is -2.63. The Balaban J connectivity index is 1.99. The molecular formula is C15H19F3N2O2S. The highest BCUT2D eigenvalue weighted by molar-refractivity contribution is 7.99. The van der Waals surface area contributed by atoms with Crippen LogP contribution >= 0.6 is 11.8 Å². The summed E-state index contributed by atoms with van der Waals surface area (Å²) >= 11 is 1.83. The Bertz CT molecular complexity index is 545. The number of nitrogens with one attached hydrogen (secondary N) is 1. The lowest BCUT2D eigenvalue weighted by molar-refractivity contribution is -0.123. The molecule has 0 aliphatic carbocycles. The zero-order valence-corrected chi connectivity index (χ0v) is 13.5. The van der Waals surface area contributed by atoms with Crippen molar-refractivity contribution in [2.45, 2.75) is 18.5 Å². The minimum atomic E-state index is -1.57. The molecule has 4 nitrogen and oxygen atoms in total. The fourth-order valence-electron chi connectivity index (χ4n) is 2.48. The second-order valence-corrected chi connectivity index (χ2v) is 6.68. The van der Waals surface area contributed by atoms with Crippen LogP contribution in [0.3, 0.4) is 0 Å². The van der Waals surface area contributed by atoms with Gasteiger partial charge in [0.2, 0.25) is 5.91 Å². The molecule has 1 aliphatic heterocycles. The molecule has 0 radical (unpaired) electrons. The minimum absolute atomic E-state index is 0.0173. The average Bonchev–Trinajstić information content (AvgIpc) is 3.04. The minimum Gasteiger partial charge on any atom is -0.394 e. The van der Waals surface area contributed by atoms with Crippen molar-refractivity contribution in [1.29, 1.82) is 0 Å². The molecule has 2 atom stereocenters. The molecule has 0 saturated carbocycles. The number of hydrogen-bond acceptors (Lipinski definition) is 4. The van der Waals surface area contributed by atoms with E-state index in [1.165, 1.54) is 0 Å². The number of likely N-dealkylation sites (N-methyl/N-ethyl adjacent to an activating group) is 1. The van der Waals surface area contributed by atoms with Gasteiger partial charge in [-0.15, -0.1) is 0 Å². The van der Waals surface area contributed by atoms with E-state index in [1.807, 2.05) is 23.7 Å². The third-order valence-electron chi connectivity index (χ3n) is 3.85. The van der Waals surface area contributed by atoms with Crippen molar-refractivity contribution in [2.75, 3.05) is 31.7 Å². The summed E-state index contributed by atoms with van der Waals surface area (Å²) in [5.41, 5.74) is -0.0173. The summed E-state index contributed by atoms with van der Waals surface area (Å²) in [6.07, 6.45) is 1.01. The lowest BCUT2D eigenvalue weighted by atomic mass is 10.1. The van der Waals surface area contributed by atoms with Gasteiger partial charge in [-0.05, 0) is 36.9 Å². The lowest BCUT2D eigenvalue weighted by Crippen LogP contribution is -2.42. The number of aliphatic hydroxyl groups is 1. The molecule has 0 aromatic heterocycles. The van der Waals surface area contributed by atoms with E-state index in [-0.39, 0.29) is 18.0 Å². The van der Waals surface area contributed by atoms with Crippen molar-refractivity contribution >= 4 is 17.7 Å². The van der Waals surface area contributed by atoms with Gasteiger partial charge in [0.1, 0.15) is 0 Å². The van der Waals surface area contributed by atoms with Gasteiger partial charge >= 0.3 is 0 Å². The van der Waals surface area contributed by atoms with Gasteiger partial charge in [0.05, 0.1) is 19.2 Å². The van der Waals surface area contributed by atoms with E-state index >= 15 is 0 Å². The van der Waals surface area contributed by atoms with E-state index in [2.05, 4.69) is 5.32 Å². The number of rotatable bonds is 6. The van der Waals surface area contributed by atoms with Gasteiger partial charge in [0, 0.05) is 11.8 Å². The number of amides is 1. The zero-order chi connectivity index (χ0) is 17.0. The number of aliphatic hydroxyl groups excluding tert-OH is 1. The summed E-state index contributed by atoms with van der Waals surface area (Å²) in [7, 11) is 1.83. The van der Waals surface area contributed by atoms with Crippen LogP contribution in [-0.2, 0) is 4.79 Å². The molecule has 1 aromatic rings. The quantitative estimate of drug-likeness (QED) is 0.769. The zero-order valence-electron chi connectivity index (χ0n) is 12.7. The van der Waals surface area contributed by atoms with Gasteiger partial charge in [-0.1, -0.05) is 0 Å². The third kappa shape index (κ3) is 4.62. The molecule has 0 spiro atoms. The molecule has 2 N–H and O–H groups in total. The Morgan fingerprint density at radius 1 is 1.43 bits per heavy atom. The Morgan fingerprint density at radius 3 is 2.61 bits per heavy atom. The summed E-state index contributed by atoms with van der Waals surface area (Å²) in [6, 6.07) is 0.880. The van der Waals surface area contributed by atoms with E-state index in [1.54, 1.807) is 0 Å². The van der Waals surface area contributed by atoms with Crippen LogP contribution in [0.1, 0.15) is 18.0 Å². The maximum Gasteiger partial charge on any atom is 0.234 e. The molecule has 1 amide bonds. The highest BCUT2D eigenvalue weighted by Gasteiger charge is 2.23. The third-order valence-corrected chi connectivity index (χ3v) is 4.99. The fourth-order valence-corrected chi connectivity index (χ4v) is 3.77. The van der Waals surface area contributed by atoms with Crippen LogP contribution in [0, 0.1) is 17.5 Å². The molecule has 1 heterocycles. The maximum absolute atomic E-state index is 13.3. The van der Waals surface area contributed by atoms with Gasteiger partial charge in [-0.3, -0.25) is 9.69 Å². The van der Waals surface area contributed by atoms with Gasteiger partial charge in [-0.25, -0.2) is 13.2 Å². The summed E-state index contributed by atoms with van der Waals surface area (Å²) in [6.45, 7) is -0.423. The second-order valence-electron chi connectivity index (χ2n) is 5.53. The lowest BCUT2D eigenvalue weighted by Gasteiger charge is -2.24. The standard InChI is InChI=1S/C15H19F3N2O2S/c1-20(10-2-3-23-8-10)6-14(22)19-13(7-21)9-4-11(16)15(18)12(17)5-9/h4-5,10,13,21H,2-3,6-8H2,1H3,(H,19,22). The molecule has 23 heavy (non-hydrogen) atoms. The van der Waals surface area contributed by atoms with Gasteiger partial charge in [0.25, 0.3) is 0 Å². The van der Waals surface area contributed by atoms with Crippen molar-refractivity contribution < 1.29 is 23.1 Å². The first-order valence-electron chi connectivity index (χ1n) is 7.25. The normalized spacial score (nSPS) is 19.1. The first kappa shape index (κ1) is 18.1. The Hall–Kier alpha value is -1.25. The van der Waals surface area contributed by atoms with Gasteiger partial charge < -0.3 is 10.4 Å². The molecule has 2 unspecified atom stereocenters. The second kappa shape index (κ2) is 8.03. The molecule has 8 heteroatoms. The number of carbonyl (C=O) groups is 1. The monoisotopic (exact) mass is 348 g/mol. The number of nitrogens with zero attached hydrogens (tertiary/aromatic N) is 1. The largest absolute Gasteiger partial charge is 0.394 e. The summed E-state index contributed by atoms with van der Waals surface area (Å²) in [4.78, 5) is 14.0. The Kier molecular flexibility index (Phi) is 6.32. The van der Waals surface area contributed by atoms with Crippen molar-refractivity contribution in [2.24, 2.45) is 0 Å². The number of halogens is 3. The van der Waals surface area contributed by atoms with E-state index in [9.17, 15) is 23.1 Å². The molecule has 0 bridgehead atoms. The number of carbonyl (C=O) groups excluding carboxylic acids is 1. The fraction of sp³-hybridized carbons (Fsp3) is 0.533. The van der Waals surface area contributed by atoms with E-state index < -0.39 is 30.1 Å². The predicted molar refractivity (Wildman–Crippen MR) is 82.6 cm³/mol. The van der Waals surface area contributed by atoms with Crippen LogP contribution in [0.4, 0.5) is 13.2 Å². The highest BCUT2D eigenvalue weighted by Crippen LogP contribution is 2.22. The molecule has 2 rings (SSSR count). The first-order chi connectivity index (χ1) is 10.9. The van der Waals surface area contributed by atoms with Crippen molar-refractivity contribution in [1.82, 2.24) is 10.2 Å². The number of hydrogen-bond donors (Lipinski definition) is 2. The van der Waals surface area contributed by atoms with Crippen molar-refractivity contribution in [3.8, 4) is 0 Å². The van der Waals surface area contributed by atoms with Crippen molar-refractivity contribution in [3.05, 3.63) is 35.1 Å². The van der Waals surface area contributed by atoms with Gasteiger partial charge in [-0.2, -0.15) is 11.8 Å². The van der Waals surface area contributed by atoms with Gasteiger partial charge in [0.15, 0.2) is 17.5 Å². The molecule has 1 fully saturated rings. The summed E-state index contributed by atoms with van der Waals surface area (Å²) < 4.78 is 39.5. The first-order valence-corrected chi connectivity index (χ1v) is 8.40. The van der Waals surface area contributed by atoms with Crippen LogP contribution in [-0.4, -0.2) is 53.7 Å². The highest BCUT2D eigenvalue weighted by atomic mass is 32.2. The number of benzene rings is 1. The van der Waals surface area contributed by atoms with Crippen LogP contribution in [0.15, 0.2) is 12.1 Å². The molecule has 1 aliphatic rings. The number of thioether (sulfide) groups is 1. The van der Waals surface area contributed by atoms with E-state index in [0.29, 0.717) is 6.04 Å². The molecule has 1 saturated heterocycles. The van der Waals surface area contributed by atoms with E-state index in [0.717, 1.165) is 30.1 Å². The van der Waals surface area contributed by atoms with Crippen LogP contribution in [0.5, 0.6) is 0 Å².